The van der Waals surface area contributed by atoms with Gasteiger partial charge < -0.3 is 10.6 Å². The minimum Gasteiger partial charge on any atom is -0.356 e. The molecule has 1 atom stereocenters. The van der Waals surface area contributed by atoms with Crippen molar-refractivity contribution in [2.24, 2.45) is 5.92 Å². The highest BCUT2D eigenvalue weighted by molar-refractivity contribution is 7.90. The van der Waals surface area contributed by atoms with E-state index in [9.17, 15) is 13.2 Å². The molecule has 1 heterocycles. The van der Waals surface area contributed by atoms with Gasteiger partial charge in [0.1, 0.15) is 9.84 Å². The maximum atomic E-state index is 11.3. The third-order valence-corrected chi connectivity index (χ3v) is 3.63. The fraction of sp³-hybridized carbons (Fsp3) is 0.900. The minimum atomic E-state index is -3.04. The van der Waals surface area contributed by atoms with Gasteiger partial charge in [-0.2, -0.15) is 0 Å². The molecule has 0 spiro atoms. The lowest BCUT2D eigenvalue weighted by molar-refractivity contribution is -0.120. The molecular weight excluding hydrogens is 228 g/mol. The Bertz CT molecular complexity index is 321. The number of carbonyl (C=O) groups is 1. The van der Waals surface area contributed by atoms with E-state index in [-0.39, 0.29) is 18.1 Å². The van der Waals surface area contributed by atoms with E-state index in [0.29, 0.717) is 12.5 Å². The molecule has 0 radical (unpaired) electrons. The molecule has 94 valence electrons. The third kappa shape index (κ3) is 6.07. The molecular formula is C10H20N2O3S. The highest BCUT2D eigenvalue weighted by atomic mass is 32.2. The van der Waals surface area contributed by atoms with Crippen molar-refractivity contribution in [1.29, 1.82) is 0 Å². The van der Waals surface area contributed by atoms with Crippen molar-refractivity contribution >= 4 is 15.7 Å². The summed E-state index contributed by atoms with van der Waals surface area (Å²) < 4.78 is 21.7. The van der Waals surface area contributed by atoms with Crippen molar-refractivity contribution in [3.63, 3.8) is 0 Å². The van der Waals surface area contributed by atoms with E-state index in [1.54, 1.807) is 0 Å². The first-order valence-electron chi connectivity index (χ1n) is 5.62. The van der Waals surface area contributed by atoms with Gasteiger partial charge in [-0.1, -0.05) is 0 Å². The molecule has 6 heteroatoms. The van der Waals surface area contributed by atoms with Crippen LogP contribution in [0.5, 0.6) is 0 Å². The van der Waals surface area contributed by atoms with E-state index < -0.39 is 9.84 Å². The molecule has 1 amide bonds. The smallest absolute Gasteiger partial charge is 0.221 e. The van der Waals surface area contributed by atoms with Crippen molar-refractivity contribution in [1.82, 2.24) is 10.6 Å². The summed E-state index contributed by atoms with van der Waals surface area (Å²) >= 11 is 0. The van der Waals surface area contributed by atoms with Crippen molar-refractivity contribution < 1.29 is 13.2 Å². The Morgan fingerprint density at radius 1 is 1.50 bits per heavy atom. The maximum Gasteiger partial charge on any atom is 0.221 e. The van der Waals surface area contributed by atoms with Crippen LogP contribution in [0, 0.1) is 5.92 Å². The van der Waals surface area contributed by atoms with Gasteiger partial charge in [0.25, 0.3) is 0 Å². The number of piperidine rings is 1. The van der Waals surface area contributed by atoms with Crippen molar-refractivity contribution in [2.75, 3.05) is 31.6 Å². The van der Waals surface area contributed by atoms with Gasteiger partial charge in [0.05, 0.1) is 5.75 Å². The van der Waals surface area contributed by atoms with Crippen LogP contribution < -0.4 is 10.6 Å². The Hall–Kier alpha value is -0.620. The van der Waals surface area contributed by atoms with Crippen LogP contribution >= 0.6 is 0 Å². The lowest BCUT2D eigenvalue weighted by Crippen LogP contribution is -2.38. The van der Waals surface area contributed by atoms with E-state index in [2.05, 4.69) is 10.6 Å². The molecule has 16 heavy (non-hydrogen) atoms. The van der Waals surface area contributed by atoms with Crippen LogP contribution in [-0.4, -0.2) is 46.0 Å². The number of hydrogen-bond acceptors (Lipinski definition) is 4. The van der Waals surface area contributed by atoms with E-state index in [1.807, 2.05) is 0 Å². The van der Waals surface area contributed by atoms with Gasteiger partial charge in [-0.25, -0.2) is 8.42 Å². The largest absolute Gasteiger partial charge is 0.356 e. The van der Waals surface area contributed by atoms with Gasteiger partial charge in [0.2, 0.25) is 5.91 Å². The van der Waals surface area contributed by atoms with Crippen LogP contribution in [0.15, 0.2) is 0 Å². The summed E-state index contributed by atoms with van der Waals surface area (Å²) in [5.41, 5.74) is 0. The summed E-state index contributed by atoms with van der Waals surface area (Å²) in [6.45, 7) is 2.64. The molecule has 1 rings (SSSR count). The second kappa shape index (κ2) is 6.20. The zero-order valence-corrected chi connectivity index (χ0v) is 10.5. The SMILES string of the molecule is CS(=O)(=O)CCC(=O)NCC1CCCNC1. The van der Waals surface area contributed by atoms with Crippen LogP contribution in [0.4, 0.5) is 0 Å². The summed E-state index contributed by atoms with van der Waals surface area (Å²) in [7, 11) is -3.04. The van der Waals surface area contributed by atoms with Gasteiger partial charge in [-0.05, 0) is 31.8 Å². The summed E-state index contributed by atoms with van der Waals surface area (Å²) in [5, 5.41) is 6.05. The number of nitrogens with one attached hydrogen (secondary N) is 2. The molecule has 1 saturated heterocycles. The molecule has 1 aliphatic heterocycles. The van der Waals surface area contributed by atoms with Crippen LogP contribution in [0.2, 0.25) is 0 Å². The zero-order valence-electron chi connectivity index (χ0n) is 9.66. The number of rotatable bonds is 5. The van der Waals surface area contributed by atoms with Crippen LogP contribution in [0.3, 0.4) is 0 Å². The fourth-order valence-electron chi connectivity index (χ4n) is 1.72. The Morgan fingerprint density at radius 2 is 2.25 bits per heavy atom. The highest BCUT2D eigenvalue weighted by Gasteiger charge is 2.14. The molecule has 1 unspecified atom stereocenters. The second-order valence-electron chi connectivity index (χ2n) is 4.40. The predicted octanol–water partition coefficient (Wildman–Crippen LogP) is -0.463. The van der Waals surface area contributed by atoms with E-state index in [0.717, 1.165) is 32.2 Å². The molecule has 1 aliphatic rings. The fourth-order valence-corrected chi connectivity index (χ4v) is 2.28. The average molecular weight is 248 g/mol. The van der Waals surface area contributed by atoms with Gasteiger partial charge in [0.15, 0.2) is 0 Å². The maximum absolute atomic E-state index is 11.3. The minimum absolute atomic E-state index is 0.0677. The standard InChI is InChI=1S/C10H20N2O3S/c1-16(14,15)6-4-10(13)12-8-9-3-2-5-11-7-9/h9,11H,2-8H2,1H3,(H,12,13). The van der Waals surface area contributed by atoms with Crippen molar-refractivity contribution in [3.05, 3.63) is 0 Å². The number of carbonyl (C=O) groups excluding carboxylic acids is 1. The molecule has 0 aromatic carbocycles. The molecule has 0 bridgehead atoms. The molecule has 0 aromatic heterocycles. The highest BCUT2D eigenvalue weighted by Crippen LogP contribution is 2.08. The van der Waals surface area contributed by atoms with Crippen LogP contribution in [0.25, 0.3) is 0 Å². The monoisotopic (exact) mass is 248 g/mol. The summed E-state index contributed by atoms with van der Waals surface area (Å²) in [6.07, 6.45) is 3.48. The van der Waals surface area contributed by atoms with E-state index in [1.165, 1.54) is 0 Å². The molecule has 0 aromatic rings. The molecule has 2 N–H and O–H groups in total. The van der Waals surface area contributed by atoms with Crippen molar-refractivity contribution in [3.8, 4) is 0 Å². The second-order valence-corrected chi connectivity index (χ2v) is 6.66. The summed E-state index contributed by atoms with van der Waals surface area (Å²) in [6, 6.07) is 0. The lowest BCUT2D eigenvalue weighted by atomic mass is 10.00. The Labute approximate surface area is 96.9 Å². The quantitative estimate of drug-likeness (QED) is 0.690. The average Bonchev–Trinajstić information content (AvgIpc) is 2.24. The van der Waals surface area contributed by atoms with Gasteiger partial charge >= 0.3 is 0 Å². The molecule has 5 nitrogen and oxygen atoms in total. The van der Waals surface area contributed by atoms with Gasteiger partial charge in [-0.3, -0.25) is 4.79 Å². The number of hydrogen-bond donors (Lipinski definition) is 2. The van der Waals surface area contributed by atoms with E-state index in [4.69, 9.17) is 0 Å². The van der Waals surface area contributed by atoms with Gasteiger partial charge in [0, 0.05) is 19.2 Å². The van der Waals surface area contributed by atoms with Crippen LogP contribution in [-0.2, 0) is 14.6 Å². The summed E-state index contributed by atoms with van der Waals surface area (Å²) in [4.78, 5) is 11.3. The topological polar surface area (TPSA) is 75.3 Å². The zero-order chi connectivity index (χ0) is 12.0. The lowest BCUT2D eigenvalue weighted by Gasteiger charge is -2.22. The van der Waals surface area contributed by atoms with E-state index >= 15 is 0 Å². The first-order chi connectivity index (χ1) is 7.47. The Kier molecular flexibility index (Phi) is 5.21. The molecule has 1 fully saturated rings. The predicted molar refractivity (Wildman–Crippen MR) is 62.9 cm³/mol. The Balaban J connectivity index is 2.14. The number of amides is 1. The Morgan fingerprint density at radius 3 is 2.81 bits per heavy atom. The first kappa shape index (κ1) is 13.4. The molecule has 0 saturated carbocycles. The summed E-state index contributed by atoms with van der Waals surface area (Å²) in [5.74, 6) is 0.244. The van der Waals surface area contributed by atoms with Crippen molar-refractivity contribution in [2.45, 2.75) is 19.3 Å². The normalized spacial score (nSPS) is 21.7. The third-order valence-electron chi connectivity index (χ3n) is 2.69. The van der Waals surface area contributed by atoms with Crippen LogP contribution in [0.1, 0.15) is 19.3 Å². The number of sulfone groups is 1. The first-order valence-corrected chi connectivity index (χ1v) is 7.68. The van der Waals surface area contributed by atoms with Gasteiger partial charge in [-0.15, -0.1) is 0 Å². The molecule has 0 aliphatic carbocycles.